The number of nitrogens with one attached hydrogen (secondary N) is 2. The van der Waals surface area contributed by atoms with E-state index in [9.17, 15) is 0 Å². The normalized spacial score (nSPS) is 20.0. The molecule has 1 aromatic carbocycles. The van der Waals surface area contributed by atoms with Gasteiger partial charge in [-0.15, -0.1) is 0 Å². The van der Waals surface area contributed by atoms with Crippen molar-refractivity contribution in [3.05, 3.63) is 35.4 Å². The largest absolute Gasteiger partial charge is 0.379 e. The summed E-state index contributed by atoms with van der Waals surface area (Å²) in [5, 5.41) is 6.93. The average molecular weight is 403 g/mol. The number of nitrogens with zero attached hydrogens (tertiary/aromatic N) is 4. The van der Waals surface area contributed by atoms with Crippen LogP contribution < -0.4 is 10.6 Å². The second-order valence-corrected chi connectivity index (χ2v) is 7.79. The third-order valence-electron chi connectivity index (χ3n) is 5.92. The van der Waals surface area contributed by atoms with E-state index in [2.05, 4.69) is 61.5 Å². The van der Waals surface area contributed by atoms with Crippen molar-refractivity contribution in [3.63, 3.8) is 0 Å². The Bertz CT molecular complexity index is 623. The summed E-state index contributed by atoms with van der Waals surface area (Å²) in [6.45, 7) is 15.5. The second kappa shape index (κ2) is 12.1. The van der Waals surface area contributed by atoms with Crippen molar-refractivity contribution < 1.29 is 4.74 Å². The molecule has 2 aliphatic rings. The summed E-state index contributed by atoms with van der Waals surface area (Å²) in [6.07, 6.45) is 0. The first-order valence-corrected chi connectivity index (χ1v) is 11.0. The molecule has 0 amide bonds. The molecule has 0 radical (unpaired) electrons. The molecule has 0 saturated carbocycles. The average Bonchev–Trinajstić information content (AvgIpc) is 2.78. The topological polar surface area (TPSA) is 55.4 Å². The lowest BCUT2D eigenvalue weighted by Crippen LogP contribution is -2.45. The summed E-state index contributed by atoms with van der Waals surface area (Å²) in [4.78, 5) is 11.9. The number of aliphatic imine (C=N–C) groups is 1. The predicted molar refractivity (Wildman–Crippen MR) is 119 cm³/mol. The summed E-state index contributed by atoms with van der Waals surface area (Å²) < 4.78 is 5.41. The van der Waals surface area contributed by atoms with Gasteiger partial charge in [0.05, 0.1) is 13.2 Å². The monoisotopic (exact) mass is 402 g/mol. The number of ether oxygens (including phenoxy) is 1. The summed E-state index contributed by atoms with van der Waals surface area (Å²) in [6, 6.07) is 8.77. The van der Waals surface area contributed by atoms with Crippen LogP contribution in [0.1, 0.15) is 18.1 Å². The van der Waals surface area contributed by atoms with E-state index in [0.717, 1.165) is 78.1 Å². The molecule has 0 spiro atoms. The van der Waals surface area contributed by atoms with Gasteiger partial charge in [0.25, 0.3) is 0 Å². The molecule has 162 valence electrons. The molecule has 2 N–H and O–H groups in total. The summed E-state index contributed by atoms with van der Waals surface area (Å²) >= 11 is 0. The number of rotatable bonds is 8. The molecule has 0 atom stereocenters. The molecule has 1 aromatic rings. The number of benzene rings is 1. The van der Waals surface area contributed by atoms with Crippen LogP contribution in [0.3, 0.4) is 0 Å². The third kappa shape index (κ3) is 7.26. The molecule has 2 fully saturated rings. The first kappa shape index (κ1) is 22.0. The molecule has 2 heterocycles. The van der Waals surface area contributed by atoms with E-state index < -0.39 is 0 Å². The van der Waals surface area contributed by atoms with E-state index in [1.54, 1.807) is 0 Å². The van der Waals surface area contributed by atoms with E-state index in [0.29, 0.717) is 0 Å². The van der Waals surface area contributed by atoms with Crippen LogP contribution >= 0.6 is 0 Å². The molecular formula is C22H38N6O. The summed E-state index contributed by atoms with van der Waals surface area (Å²) in [5.41, 5.74) is 2.76. The second-order valence-electron chi connectivity index (χ2n) is 7.79. The highest BCUT2D eigenvalue weighted by atomic mass is 16.5. The molecule has 0 bridgehead atoms. The Morgan fingerprint density at radius 2 is 1.62 bits per heavy atom. The van der Waals surface area contributed by atoms with Crippen LogP contribution in [0.2, 0.25) is 0 Å². The minimum atomic E-state index is 0.794. The van der Waals surface area contributed by atoms with Crippen molar-refractivity contribution in [2.45, 2.75) is 20.0 Å². The van der Waals surface area contributed by atoms with E-state index >= 15 is 0 Å². The Balaban J connectivity index is 1.44. The number of piperazine rings is 1. The highest BCUT2D eigenvalue weighted by molar-refractivity contribution is 5.79. The van der Waals surface area contributed by atoms with Gasteiger partial charge >= 0.3 is 0 Å². The highest BCUT2D eigenvalue weighted by Gasteiger charge is 2.16. The Morgan fingerprint density at radius 1 is 0.931 bits per heavy atom. The van der Waals surface area contributed by atoms with Crippen molar-refractivity contribution in [2.24, 2.45) is 4.99 Å². The molecular weight excluding hydrogens is 364 g/mol. The van der Waals surface area contributed by atoms with Crippen molar-refractivity contribution in [1.29, 1.82) is 0 Å². The number of likely N-dealkylation sites (N-methyl/N-ethyl adjacent to an activating group) is 1. The van der Waals surface area contributed by atoms with Crippen LogP contribution in [0.25, 0.3) is 0 Å². The first-order chi connectivity index (χ1) is 14.3. The molecule has 0 unspecified atom stereocenters. The van der Waals surface area contributed by atoms with Gasteiger partial charge in [-0.2, -0.15) is 0 Å². The molecule has 3 rings (SSSR count). The molecule has 0 aliphatic carbocycles. The van der Waals surface area contributed by atoms with Gasteiger partial charge in [-0.1, -0.05) is 31.2 Å². The van der Waals surface area contributed by atoms with Gasteiger partial charge in [0.1, 0.15) is 0 Å². The molecule has 29 heavy (non-hydrogen) atoms. The number of morpholine rings is 1. The fraction of sp³-hybridized carbons (Fsp3) is 0.682. The molecule has 7 heteroatoms. The van der Waals surface area contributed by atoms with Gasteiger partial charge in [-0.25, -0.2) is 0 Å². The maximum absolute atomic E-state index is 5.41. The van der Waals surface area contributed by atoms with Gasteiger partial charge in [0.2, 0.25) is 0 Å². The molecule has 2 saturated heterocycles. The standard InChI is InChI=1S/C22H38N6O/c1-3-26-10-12-28(13-11-26)19-21-7-5-4-6-20(21)18-25-22(23-2)24-8-9-27-14-16-29-17-15-27/h4-7H,3,8-19H2,1-2H3,(H2,23,24,25). The van der Waals surface area contributed by atoms with Gasteiger partial charge in [0, 0.05) is 72.5 Å². The van der Waals surface area contributed by atoms with Crippen LogP contribution in [0.5, 0.6) is 0 Å². The zero-order valence-electron chi connectivity index (χ0n) is 18.2. The zero-order valence-corrected chi connectivity index (χ0v) is 18.2. The number of hydrogen-bond donors (Lipinski definition) is 2. The SMILES string of the molecule is CCN1CCN(Cc2ccccc2CNC(=NC)NCCN2CCOCC2)CC1. The number of guanidine groups is 1. The van der Waals surface area contributed by atoms with Gasteiger partial charge < -0.3 is 20.3 Å². The smallest absolute Gasteiger partial charge is 0.191 e. The summed E-state index contributed by atoms with van der Waals surface area (Å²) in [5.74, 6) is 0.865. The van der Waals surface area contributed by atoms with Crippen molar-refractivity contribution >= 4 is 5.96 Å². The van der Waals surface area contributed by atoms with Crippen molar-refractivity contribution in [3.8, 4) is 0 Å². The van der Waals surface area contributed by atoms with Gasteiger partial charge in [-0.05, 0) is 17.7 Å². The quantitative estimate of drug-likeness (QED) is 0.496. The Kier molecular flexibility index (Phi) is 9.21. The maximum atomic E-state index is 5.41. The van der Waals surface area contributed by atoms with E-state index in [1.165, 1.54) is 24.2 Å². The number of hydrogen-bond acceptors (Lipinski definition) is 5. The van der Waals surface area contributed by atoms with E-state index in [4.69, 9.17) is 4.74 Å². The van der Waals surface area contributed by atoms with Crippen LogP contribution in [0.4, 0.5) is 0 Å². The third-order valence-corrected chi connectivity index (χ3v) is 5.92. The van der Waals surface area contributed by atoms with E-state index in [-0.39, 0.29) is 0 Å². The van der Waals surface area contributed by atoms with Crippen LogP contribution in [0.15, 0.2) is 29.3 Å². The Hall–Kier alpha value is -1.67. The molecule has 2 aliphatic heterocycles. The van der Waals surface area contributed by atoms with Crippen LogP contribution in [-0.4, -0.2) is 99.8 Å². The van der Waals surface area contributed by atoms with Gasteiger partial charge in [-0.3, -0.25) is 14.8 Å². The minimum Gasteiger partial charge on any atom is -0.379 e. The first-order valence-electron chi connectivity index (χ1n) is 11.0. The lowest BCUT2D eigenvalue weighted by atomic mass is 10.1. The highest BCUT2D eigenvalue weighted by Crippen LogP contribution is 2.13. The summed E-state index contributed by atoms with van der Waals surface area (Å²) in [7, 11) is 1.84. The van der Waals surface area contributed by atoms with Crippen LogP contribution in [0, 0.1) is 0 Å². The van der Waals surface area contributed by atoms with E-state index in [1.807, 2.05) is 7.05 Å². The van der Waals surface area contributed by atoms with Crippen molar-refractivity contribution in [2.75, 3.05) is 79.2 Å². The fourth-order valence-corrected chi connectivity index (χ4v) is 3.95. The zero-order chi connectivity index (χ0) is 20.3. The molecule has 7 nitrogen and oxygen atoms in total. The van der Waals surface area contributed by atoms with Crippen LogP contribution in [-0.2, 0) is 17.8 Å². The Morgan fingerprint density at radius 3 is 2.31 bits per heavy atom. The lowest BCUT2D eigenvalue weighted by Gasteiger charge is -2.34. The Labute approximate surface area is 176 Å². The lowest BCUT2D eigenvalue weighted by molar-refractivity contribution is 0.0389. The predicted octanol–water partition coefficient (Wildman–Crippen LogP) is 0.821. The minimum absolute atomic E-state index is 0.794. The molecule has 0 aromatic heterocycles. The fourth-order valence-electron chi connectivity index (χ4n) is 3.95. The maximum Gasteiger partial charge on any atom is 0.191 e. The van der Waals surface area contributed by atoms with Gasteiger partial charge in [0.15, 0.2) is 5.96 Å². The van der Waals surface area contributed by atoms with Crippen molar-refractivity contribution in [1.82, 2.24) is 25.3 Å².